The van der Waals surface area contributed by atoms with Crippen molar-refractivity contribution in [3.63, 3.8) is 0 Å². The van der Waals surface area contributed by atoms with E-state index in [9.17, 15) is 4.79 Å². The molecule has 0 amide bonds. The molecule has 0 fully saturated rings. The molecule has 1 aromatic heterocycles. The number of hydrogen-bond acceptors (Lipinski definition) is 2. The highest BCUT2D eigenvalue weighted by Gasteiger charge is 2.17. The molecule has 0 aliphatic rings. The first-order chi connectivity index (χ1) is 8.09. The van der Waals surface area contributed by atoms with E-state index in [0.717, 1.165) is 17.0 Å². The largest absolute Gasteiger partial charge is 0.475 e. The van der Waals surface area contributed by atoms with Crippen LogP contribution >= 0.6 is 0 Å². The molecule has 4 nitrogen and oxygen atoms in total. The van der Waals surface area contributed by atoms with Crippen molar-refractivity contribution in [3.05, 3.63) is 41.9 Å². The van der Waals surface area contributed by atoms with E-state index < -0.39 is 5.97 Å². The lowest BCUT2D eigenvalue weighted by Crippen LogP contribution is -1.99. The average molecular weight is 230 g/mol. The van der Waals surface area contributed by atoms with Gasteiger partial charge >= 0.3 is 5.97 Å². The second kappa shape index (κ2) is 4.41. The maximum atomic E-state index is 10.9. The molecule has 0 unspecified atom stereocenters. The fourth-order valence-corrected chi connectivity index (χ4v) is 1.72. The van der Waals surface area contributed by atoms with Crippen LogP contribution in [0.1, 0.15) is 36.1 Å². The summed E-state index contributed by atoms with van der Waals surface area (Å²) in [5.41, 5.74) is 2.51. The zero-order valence-corrected chi connectivity index (χ0v) is 9.77. The maximum Gasteiger partial charge on any atom is 0.371 e. The Morgan fingerprint density at radius 3 is 2.47 bits per heavy atom. The van der Waals surface area contributed by atoms with Crippen molar-refractivity contribution >= 4 is 5.97 Å². The molecule has 0 aliphatic carbocycles. The fourth-order valence-electron chi connectivity index (χ4n) is 1.72. The molecule has 17 heavy (non-hydrogen) atoms. The van der Waals surface area contributed by atoms with Crippen LogP contribution in [0.2, 0.25) is 0 Å². The Bertz CT molecular complexity index is 530. The number of carboxylic acid groups (broad SMARTS) is 1. The van der Waals surface area contributed by atoms with Crippen molar-refractivity contribution in [3.8, 4) is 11.3 Å². The molecule has 0 aliphatic heterocycles. The van der Waals surface area contributed by atoms with Crippen LogP contribution in [0, 0.1) is 0 Å². The van der Waals surface area contributed by atoms with Gasteiger partial charge in [-0.15, -0.1) is 0 Å². The fraction of sp³-hybridized carbons (Fsp3) is 0.231. The lowest BCUT2D eigenvalue weighted by molar-refractivity contribution is 0.0684. The van der Waals surface area contributed by atoms with Gasteiger partial charge in [0, 0.05) is 11.3 Å². The number of benzene rings is 1. The van der Waals surface area contributed by atoms with E-state index in [-0.39, 0.29) is 11.7 Å². The molecular weight excluding hydrogens is 216 g/mol. The molecule has 2 rings (SSSR count). The number of nitrogens with one attached hydrogen (secondary N) is 1. The van der Waals surface area contributed by atoms with Gasteiger partial charge in [0.05, 0.1) is 5.69 Å². The van der Waals surface area contributed by atoms with Gasteiger partial charge in [-0.3, -0.25) is 0 Å². The molecule has 0 saturated heterocycles. The standard InChI is InChI=1S/C13H14N2O2/c1-8(2)10-11(9-6-4-3-5-7-9)15-12(14-10)13(16)17/h3-8H,1-2H3,(H,14,15)(H,16,17). The molecular formula is C13H14N2O2. The van der Waals surface area contributed by atoms with Crippen LogP contribution in [0.4, 0.5) is 0 Å². The van der Waals surface area contributed by atoms with Crippen molar-refractivity contribution in [1.82, 2.24) is 9.97 Å². The van der Waals surface area contributed by atoms with E-state index in [1.807, 2.05) is 44.2 Å². The Morgan fingerprint density at radius 2 is 1.94 bits per heavy atom. The highest BCUT2D eigenvalue weighted by Crippen LogP contribution is 2.26. The number of carbonyl (C=O) groups is 1. The number of aromatic nitrogens is 2. The van der Waals surface area contributed by atoms with Gasteiger partial charge in [0.25, 0.3) is 0 Å². The molecule has 1 heterocycles. The molecule has 2 aromatic rings. The number of imidazole rings is 1. The molecule has 0 saturated carbocycles. The number of carboxylic acids is 1. The SMILES string of the molecule is CC(C)c1[nH]c(C(=O)O)nc1-c1ccccc1. The van der Waals surface area contributed by atoms with Gasteiger partial charge in [-0.25, -0.2) is 9.78 Å². The highest BCUT2D eigenvalue weighted by molar-refractivity contribution is 5.85. The summed E-state index contributed by atoms with van der Waals surface area (Å²) in [5.74, 6) is -0.840. The first-order valence-electron chi connectivity index (χ1n) is 5.48. The van der Waals surface area contributed by atoms with Gasteiger partial charge in [0.1, 0.15) is 0 Å². The normalized spacial score (nSPS) is 10.8. The summed E-state index contributed by atoms with van der Waals surface area (Å²) < 4.78 is 0. The van der Waals surface area contributed by atoms with Gasteiger partial charge in [-0.05, 0) is 5.92 Å². The number of nitrogens with zero attached hydrogens (tertiary/aromatic N) is 1. The lowest BCUT2D eigenvalue weighted by atomic mass is 10.0. The Hall–Kier alpha value is -2.10. The summed E-state index contributed by atoms with van der Waals surface area (Å²) in [6, 6.07) is 9.59. The molecule has 2 N–H and O–H groups in total. The lowest BCUT2D eigenvalue weighted by Gasteiger charge is -2.05. The Kier molecular flexibility index (Phi) is 2.95. The number of aromatic amines is 1. The summed E-state index contributed by atoms with van der Waals surface area (Å²) in [4.78, 5) is 17.9. The quantitative estimate of drug-likeness (QED) is 0.852. The van der Waals surface area contributed by atoms with E-state index in [1.165, 1.54) is 0 Å². The van der Waals surface area contributed by atoms with Gasteiger partial charge in [-0.1, -0.05) is 44.2 Å². The smallest absolute Gasteiger partial charge is 0.371 e. The van der Waals surface area contributed by atoms with Crippen LogP contribution in [0.5, 0.6) is 0 Å². The summed E-state index contributed by atoms with van der Waals surface area (Å²) in [5, 5.41) is 8.96. The van der Waals surface area contributed by atoms with Crippen LogP contribution in [0.15, 0.2) is 30.3 Å². The molecule has 0 bridgehead atoms. The van der Waals surface area contributed by atoms with Gasteiger partial charge in [0.15, 0.2) is 0 Å². The number of hydrogen-bond donors (Lipinski definition) is 2. The second-order valence-electron chi connectivity index (χ2n) is 4.17. The van der Waals surface area contributed by atoms with Crippen molar-refractivity contribution in [2.24, 2.45) is 0 Å². The summed E-state index contributed by atoms with van der Waals surface area (Å²) >= 11 is 0. The molecule has 0 atom stereocenters. The maximum absolute atomic E-state index is 10.9. The summed E-state index contributed by atoms with van der Waals surface area (Å²) in [6.45, 7) is 4.01. The third-order valence-electron chi connectivity index (χ3n) is 2.56. The van der Waals surface area contributed by atoms with Crippen molar-refractivity contribution < 1.29 is 9.90 Å². The second-order valence-corrected chi connectivity index (χ2v) is 4.17. The predicted octanol–water partition coefficient (Wildman–Crippen LogP) is 2.90. The molecule has 88 valence electrons. The van der Waals surface area contributed by atoms with Crippen LogP contribution in [-0.2, 0) is 0 Å². The van der Waals surface area contributed by atoms with E-state index in [0.29, 0.717) is 0 Å². The monoisotopic (exact) mass is 230 g/mol. The molecule has 0 spiro atoms. The minimum atomic E-state index is -1.03. The average Bonchev–Trinajstić information content (AvgIpc) is 2.75. The Balaban J connectivity index is 2.56. The predicted molar refractivity (Wildman–Crippen MR) is 65.1 cm³/mol. The summed E-state index contributed by atoms with van der Waals surface area (Å²) in [7, 11) is 0. The number of aromatic carboxylic acids is 1. The topological polar surface area (TPSA) is 66.0 Å². The van der Waals surface area contributed by atoms with E-state index in [1.54, 1.807) is 0 Å². The zero-order chi connectivity index (χ0) is 12.4. The van der Waals surface area contributed by atoms with Gasteiger partial charge < -0.3 is 10.1 Å². The van der Waals surface area contributed by atoms with Crippen molar-refractivity contribution in [2.45, 2.75) is 19.8 Å². The number of rotatable bonds is 3. The number of H-pyrrole nitrogens is 1. The third kappa shape index (κ3) is 2.20. The Labute approximate surface area is 99.3 Å². The highest BCUT2D eigenvalue weighted by atomic mass is 16.4. The summed E-state index contributed by atoms with van der Waals surface area (Å²) in [6.07, 6.45) is 0. The zero-order valence-electron chi connectivity index (χ0n) is 9.77. The van der Waals surface area contributed by atoms with Crippen LogP contribution in [-0.4, -0.2) is 21.0 Å². The molecule has 1 aromatic carbocycles. The first kappa shape index (κ1) is 11.4. The van der Waals surface area contributed by atoms with E-state index >= 15 is 0 Å². The van der Waals surface area contributed by atoms with Crippen molar-refractivity contribution in [2.75, 3.05) is 0 Å². The van der Waals surface area contributed by atoms with Gasteiger partial charge in [-0.2, -0.15) is 0 Å². The third-order valence-corrected chi connectivity index (χ3v) is 2.56. The van der Waals surface area contributed by atoms with Crippen molar-refractivity contribution in [1.29, 1.82) is 0 Å². The van der Waals surface area contributed by atoms with E-state index in [2.05, 4.69) is 9.97 Å². The van der Waals surface area contributed by atoms with Crippen LogP contribution in [0.25, 0.3) is 11.3 Å². The molecule has 4 heteroatoms. The van der Waals surface area contributed by atoms with Crippen LogP contribution < -0.4 is 0 Å². The molecule has 0 radical (unpaired) electrons. The minimum absolute atomic E-state index is 0.00690. The van der Waals surface area contributed by atoms with Crippen LogP contribution in [0.3, 0.4) is 0 Å². The Morgan fingerprint density at radius 1 is 1.29 bits per heavy atom. The first-order valence-corrected chi connectivity index (χ1v) is 5.48. The van der Waals surface area contributed by atoms with E-state index in [4.69, 9.17) is 5.11 Å². The van der Waals surface area contributed by atoms with Gasteiger partial charge in [0.2, 0.25) is 5.82 Å². The minimum Gasteiger partial charge on any atom is -0.475 e.